The summed E-state index contributed by atoms with van der Waals surface area (Å²) in [4.78, 5) is 17.6. The molecule has 4 heteroatoms. The molecule has 0 amide bonds. The molecule has 0 fully saturated rings. The number of hydrogen-bond acceptors (Lipinski definition) is 4. The minimum atomic E-state index is -0.365. The number of benzene rings is 3. The van der Waals surface area contributed by atoms with Crippen molar-refractivity contribution < 1.29 is 9.53 Å². The summed E-state index contributed by atoms with van der Waals surface area (Å²) in [6.45, 7) is 0. The van der Waals surface area contributed by atoms with Gasteiger partial charge in [0.25, 0.3) is 0 Å². The molecule has 0 N–H and O–H groups in total. The Hall–Kier alpha value is -3.27. The topological polar surface area (TPSA) is 32.8 Å². The normalized spacial score (nSPS) is 10.7. The molecular weight excluding hydrogens is 360 g/mol. The van der Waals surface area contributed by atoms with Crippen molar-refractivity contribution in [2.45, 2.75) is 5.92 Å². The van der Waals surface area contributed by atoms with Crippen LogP contribution in [0, 0.1) is 0 Å². The maximum absolute atomic E-state index is 13.5. The Morgan fingerprint density at radius 1 is 0.690 bits per heavy atom. The molecule has 0 aliphatic heterocycles. The molecule has 3 aromatic rings. The highest BCUT2D eigenvalue weighted by molar-refractivity contribution is 6.03. The summed E-state index contributed by atoms with van der Waals surface area (Å²) < 4.78 is 5.23. The quantitative estimate of drug-likeness (QED) is 0.542. The molecule has 0 saturated carbocycles. The van der Waals surface area contributed by atoms with Crippen molar-refractivity contribution >= 4 is 17.2 Å². The van der Waals surface area contributed by atoms with Gasteiger partial charge in [0.2, 0.25) is 0 Å². The molecule has 0 unspecified atom stereocenters. The Morgan fingerprint density at radius 2 is 1.10 bits per heavy atom. The fourth-order valence-corrected chi connectivity index (χ4v) is 3.35. The number of carbonyl (C=O) groups excluding carboxylic acids is 1. The number of hydrogen-bond donors (Lipinski definition) is 0. The Labute approximate surface area is 173 Å². The van der Waals surface area contributed by atoms with Crippen LogP contribution in [-0.4, -0.2) is 41.1 Å². The van der Waals surface area contributed by atoms with Gasteiger partial charge in [-0.15, -0.1) is 0 Å². The second-order valence-electron chi connectivity index (χ2n) is 7.50. The van der Waals surface area contributed by atoms with Crippen LogP contribution in [-0.2, 0) is 0 Å². The lowest BCUT2D eigenvalue weighted by Crippen LogP contribution is -2.16. The fraction of sp³-hybridized carbons (Fsp3) is 0.240. The van der Waals surface area contributed by atoms with E-state index in [1.165, 1.54) is 0 Å². The molecule has 0 saturated heterocycles. The molecule has 29 heavy (non-hydrogen) atoms. The Bertz CT molecular complexity index is 892. The summed E-state index contributed by atoms with van der Waals surface area (Å²) in [5.41, 5.74) is 4.84. The molecule has 0 aliphatic carbocycles. The van der Waals surface area contributed by atoms with Gasteiger partial charge in [-0.1, -0.05) is 24.3 Å². The SMILES string of the molecule is COc1ccc(C(=O)C(c2ccc(N(C)C)cc2)c2ccc(N(C)C)cc2)cc1. The predicted molar refractivity (Wildman–Crippen MR) is 121 cm³/mol. The van der Waals surface area contributed by atoms with Crippen LogP contribution in [0.15, 0.2) is 72.8 Å². The van der Waals surface area contributed by atoms with Gasteiger partial charge in [0.15, 0.2) is 5.78 Å². The van der Waals surface area contributed by atoms with Gasteiger partial charge in [-0.3, -0.25) is 4.79 Å². The van der Waals surface area contributed by atoms with Gasteiger partial charge >= 0.3 is 0 Å². The number of nitrogens with zero attached hydrogens (tertiary/aromatic N) is 2. The summed E-state index contributed by atoms with van der Waals surface area (Å²) in [6, 6.07) is 23.7. The third-order valence-corrected chi connectivity index (χ3v) is 5.12. The van der Waals surface area contributed by atoms with Crippen LogP contribution in [0.1, 0.15) is 27.4 Å². The number of carbonyl (C=O) groups is 1. The fourth-order valence-electron chi connectivity index (χ4n) is 3.35. The first kappa shape index (κ1) is 20.5. The first-order chi connectivity index (χ1) is 13.9. The molecule has 0 aliphatic rings. The highest BCUT2D eigenvalue weighted by Gasteiger charge is 2.24. The van der Waals surface area contributed by atoms with Crippen LogP contribution >= 0.6 is 0 Å². The standard InChI is InChI=1S/C25H28N2O2/c1-26(2)21-12-6-18(7-13-21)24(19-8-14-22(15-9-19)27(3)4)25(28)20-10-16-23(29-5)17-11-20/h6-17,24H,1-5H3. The second kappa shape index (κ2) is 8.82. The monoisotopic (exact) mass is 388 g/mol. The summed E-state index contributed by atoms with van der Waals surface area (Å²) in [6.07, 6.45) is 0. The lowest BCUT2D eigenvalue weighted by Gasteiger charge is -2.20. The average Bonchev–Trinajstić information content (AvgIpc) is 2.74. The van der Waals surface area contributed by atoms with E-state index in [2.05, 4.69) is 34.1 Å². The van der Waals surface area contributed by atoms with Gasteiger partial charge in [0.05, 0.1) is 13.0 Å². The van der Waals surface area contributed by atoms with Gasteiger partial charge in [-0.05, 0) is 59.7 Å². The largest absolute Gasteiger partial charge is 0.497 e. The number of methoxy groups -OCH3 is 1. The van der Waals surface area contributed by atoms with Gasteiger partial charge in [0, 0.05) is 45.1 Å². The van der Waals surface area contributed by atoms with Crippen molar-refractivity contribution in [2.24, 2.45) is 0 Å². The van der Waals surface area contributed by atoms with Crippen molar-refractivity contribution in [1.29, 1.82) is 0 Å². The first-order valence-corrected chi connectivity index (χ1v) is 9.63. The Morgan fingerprint density at radius 3 is 1.45 bits per heavy atom. The number of anilines is 2. The van der Waals surface area contributed by atoms with Crippen molar-refractivity contribution in [3.05, 3.63) is 89.5 Å². The minimum absolute atomic E-state index is 0.0721. The maximum atomic E-state index is 13.5. The van der Waals surface area contributed by atoms with Crippen LogP contribution in [0.4, 0.5) is 11.4 Å². The van der Waals surface area contributed by atoms with E-state index in [9.17, 15) is 4.79 Å². The molecule has 0 spiro atoms. The maximum Gasteiger partial charge on any atom is 0.174 e. The predicted octanol–water partition coefficient (Wildman–Crippen LogP) is 4.84. The van der Waals surface area contributed by atoms with E-state index in [0.29, 0.717) is 5.56 Å². The van der Waals surface area contributed by atoms with Gasteiger partial charge < -0.3 is 14.5 Å². The zero-order valence-corrected chi connectivity index (χ0v) is 17.7. The van der Waals surface area contributed by atoms with E-state index in [1.807, 2.05) is 76.7 Å². The molecule has 3 aromatic carbocycles. The van der Waals surface area contributed by atoms with E-state index in [0.717, 1.165) is 28.3 Å². The number of rotatable bonds is 7. The third-order valence-electron chi connectivity index (χ3n) is 5.12. The third kappa shape index (κ3) is 4.60. The number of ether oxygens (including phenoxy) is 1. The Balaban J connectivity index is 2.03. The molecule has 0 heterocycles. The van der Waals surface area contributed by atoms with Gasteiger partial charge in [0.1, 0.15) is 5.75 Å². The molecule has 4 nitrogen and oxygen atoms in total. The highest BCUT2D eigenvalue weighted by atomic mass is 16.5. The van der Waals surface area contributed by atoms with Gasteiger partial charge in [-0.2, -0.15) is 0 Å². The van der Waals surface area contributed by atoms with E-state index >= 15 is 0 Å². The van der Waals surface area contributed by atoms with Crippen LogP contribution in [0.2, 0.25) is 0 Å². The summed E-state index contributed by atoms with van der Waals surface area (Å²) in [5, 5.41) is 0. The number of Topliss-reactive ketones (excluding diaryl/α,β-unsaturated/α-hetero) is 1. The van der Waals surface area contributed by atoms with Crippen LogP contribution in [0.3, 0.4) is 0 Å². The summed E-state index contributed by atoms with van der Waals surface area (Å²) in [7, 11) is 9.66. The zero-order valence-electron chi connectivity index (χ0n) is 17.7. The van der Waals surface area contributed by atoms with Crippen molar-refractivity contribution in [3.8, 4) is 5.75 Å². The molecule has 3 rings (SSSR count). The van der Waals surface area contributed by atoms with Crippen LogP contribution in [0.5, 0.6) is 5.75 Å². The smallest absolute Gasteiger partial charge is 0.174 e. The highest BCUT2D eigenvalue weighted by Crippen LogP contribution is 2.31. The second-order valence-corrected chi connectivity index (χ2v) is 7.50. The molecule has 0 atom stereocenters. The molecule has 0 aromatic heterocycles. The van der Waals surface area contributed by atoms with Crippen molar-refractivity contribution in [2.75, 3.05) is 45.1 Å². The average molecular weight is 389 g/mol. The van der Waals surface area contributed by atoms with Crippen LogP contribution < -0.4 is 14.5 Å². The molecule has 0 radical (unpaired) electrons. The summed E-state index contributed by atoms with van der Waals surface area (Å²) in [5.74, 6) is 0.447. The number of ketones is 1. The lowest BCUT2D eigenvalue weighted by atomic mass is 9.84. The lowest BCUT2D eigenvalue weighted by molar-refractivity contribution is 0.0974. The molecule has 0 bridgehead atoms. The zero-order chi connectivity index (χ0) is 21.0. The van der Waals surface area contributed by atoms with E-state index < -0.39 is 0 Å². The first-order valence-electron chi connectivity index (χ1n) is 9.63. The van der Waals surface area contributed by atoms with Crippen molar-refractivity contribution in [3.63, 3.8) is 0 Å². The van der Waals surface area contributed by atoms with Crippen molar-refractivity contribution in [1.82, 2.24) is 0 Å². The molecular formula is C25H28N2O2. The minimum Gasteiger partial charge on any atom is -0.497 e. The van der Waals surface area contributed by atoms with E-state index in [1.54, 1.807) is 7.11 Å². The van der Waals surface area contributed by atoms with Crippen LogP contribution in [0.25, 0.3) is 0 Å². The Kier molecular flexibility index (Phi) is 6.23. The van der Waals surface area contributed by atoms with Gasteiger partial charge in [-0.25, -0.2) is 0 Å². The summed E-state index contributed by atoms with van der Waals surface area (Å²) >= 11 is 0. The van der Waals surface area contributed by atoms with E-state index in [-0.39, 0.29) is 11.7 Å². The van der Waals surface area contributed by atoms with E-state index in [4.69, 9.17) is 4.74 Å². The molecule has 150 valence electrons.